The van der Waals surface area contributed by atoms with Gasteiger partial charge in [-0.1, -0.05) is 26.2 Å². The molecule has 80 valence electrons. The Balaban J connectivity index is 2.23. The second kappa shape index (κ2) is 5.81. The van der Waals surface area contributed by atoms with Crippen LogP contribution in [-0.4, -0.2) is 15.8 Å². The van der Waals surface area contributed by atoms with Crippen LogP contribution in [0.3, 0.4) is 0 Å². The standard InChI is InChI=1S/C11H21N3/c1-3-4-5-6-10(12)9-11-7-8-14(2)13-11/h7-8,10H,3-6,9,12H2,1-2H3. The van der Waals surface area contributed by atoms with E-state index in [0.29, 0.717) is 0 Å². The third-order valence-electron chi connectivity index (χ3n) is 2.42. The number of hydrogen-bond acceptors (Lipinski definition) is 2. The molecule has 0 aliphatic carbocycles. The van der Waals surface area contributed by atoms with Gasteiger partial charge in [-0.05, 0) is 12.5 Å². The predicted octanol–water partition coefficient (Wildman–Crippen LogP) is 1.87. The van der Waals surface area contributed by atoms with Crippen LogP contribution < -0.4 is 5.73 Å². The Kier molecular flexibility index (Phi) is 4.66. The van der Waals surface area contributed by atoms with E-state index in [1.807, 2.05) is 24.0 Å². The van der Waals surface area contributed by atoms with Gasteiger partial charge in [-0.3, -0.25) is 4.68 Å². The third-order valence-corrected chi connectivity index (χ3v) is 2.42. The van der Waals surface area contributed by atoms with E-state index in [9.17, 15) is 0 Å². The molecule has 14 heavy (non-hydrogen) atoms. The highest BCUT2D eigenvalue weighted by molar-refractivity contribution is 5.00. The van der Waals surface area contributed by atoms with Gasteiger partial charge < -0.3 is 5.73 Å². The molecule has 0 aliphatic heterocycles. The molecule has 0 aliphatic rings. The number of aromatic nitrogens is 2. The van der Waals surface area contributed by atoms with Gasteiger partial charge in [0.1, 0.15) is 0 Å². The van der Waals surface area contributed by atoms with Crippen molar-refractivity contribution < 1.29 is 0 Å². The molecule has 0 amide bonds. The Labute approximate surface area is 86.3 Å². The van der Waals surface area contributed by atoms with E-state index in [0.717, 1.165) is 18.5 Å². The maximum Gasteiger partial charge on any atom is 0.0639 e. The average molecular weight is 195 g/mol. The second-order valence-corrected chi connectivity index (χ2v) is 3.94. The summed E-state index contributed by atoms with van der Waals surface area (Å²) in [5.41, 5.74) is 7.11. The number of aryl methyl sites for hydroxylation is 1. The zero-order chi connectivity index (χ0) is 10.4. The molecular formula is C11H21N3. The van der Waals surface area contributed by atoms with Crippen LogP contribution in [0, 0.1) is 0 Å². The van der Waals surface area contributed by atoms with Gasteiger partial charge in [0.2, 0.25) is 0 Å². The highest BCUT2D eigenvalue weighted by Crippen LogP contribution is 2.06. The molecular weight excluding hydrogens is 174 g/mol. The van der Waals surface area contributed by atoms with Crippen LogP contribution in [-0.2, 0) is 13.5 Å². The smallest absolute Gasteiger partial charge is 0.0639 e. The Bertz CT molecular complexity index is 255. The first kappa shape index (κ1) is 11.2. The van der Waals surface area contributed by atoms with Crippen molar-refractivity contribution in [1.29, 1.82) is 0 Å². The largest absolute Gasteiger partial charge is 0.327 e. The monoisotopic (exact) mass is 195 g/mol. The molecule has 1 unspecified atom stereocenters. The summed E-state index contributed by atoms with van der Waals surface area (Å²) in [6.07, 6.45) is 7.78. The van der Waals surface area contributed by atoms with Gasteiger partial charge in [0.05, 0.1) is 5.69 Å². The molecule has 3 heteroatoms. The summed E-state index contributed by atoms with van der Waals surface area (Å²) in [4.78, 5) is 0. The number of hydrogen-bond donors (Lipinski definition) is 1. The number of rotatable bonds is 6. The van der Waals surface area contributed by atoms with E-state index in [2.05, 4.69) is 12.0 Å². The van der Waals surface area contributed by atoms with Gasteiger partial charge in [-0.2, -0.15) is 5.10 Å². The Hall–Kier alpha value is -0.830. The first-order valence-electron chi connectivity index (χ1n) is 5.46. The molecule has 0 fully saturated rings. The van der Waals surface area contributed by atoms with E-state index in [-0.39, 0.29) is 6.04 Å². The van der Waals surface area contributed by atoms with Crippen molar-refractivity contribution in [3.05, 3.63) is 18.0 Å². The van der Waals surface area contributed by atoms with Gasteiger partial charge in [-0.15, -0.1) is 0 Å². The first-order chi connectivity index (χ1) is 6.72. The average Bonchev–Trinajstić information content (AvgIpc) is 2.52. The molecule has 0 saturated heterocycles. The number of nitrogens with zero attached hydrogens (tertiary/aromatic N) is 2. The molecule has 1 atom stereocenters. The zero-order valence-corrected chi connectivity index (χ0v) is 9.24. The van der Waals surface area contributed by atoms with E-state index in [4.69, 9.17) is 5.73 Å². The topological polar surface area (TPSA) is 43.8 Å². The molecule has 1 heterocycles. The van der Waals surface area contributed by atoms with Crippen molar-refractivity contribution >= 4 is 0 Å². The fourth-order valence-corrected chi connectivity index (χ4v) is 1.60. The molecule has 1 aromatic rings. The van der Waals surface area contributed by atoms with Crippen molar-refractivity contribution in [2.45, 2.75) is 45.1 Å². The van der Waals surface area contributed by atoms with Gasteiger partial charge >= 0.3 is 0 Å². The van der Waals surface area contributed by atoms with Crippen molar-refractivity contribution in [3.8, 4) is 0 Å². The van der Waals surface area contributed by atoms with Crippen molar-refractivity contribution in [2.24, 2.45) is 12.8 Å². The minimum Gasteiger partial charge on any atom is -0.327 e. The Morgan fingerprint density at radius 1 is 1.50 bits per heavy atom. The quantitative estimate of drug-likeness (QED) is 0.704. The number of unbranched alkanes of at least 4 members (excludes halogenated alkanes) is 2. The van der Waals surface area contributed by atoms with E-state index < -0.39 is 0 Å². The van der Waals surface area contributed by atoms with E-state index in [1.54, 1.807) is 0 Å². The maximum atomic E-state index is 6.01. The Morgan fingerprint density at radius 3 is 2.86 bits per heavy atom. The molecule has 0 spiro atoms. The van der Waals surface area contributed by atoms with E-state index >= 15 is 0 Å². The van der Waals surface area contributed by atoms with Crippen molar-refractivity contribution in [2.75, 3.05) is 0 Å². The summed E-state index contributed by atoms with van der Waals surface area (Å²) < 4.78 is 1.83. The van der Waals surface area contributed by atoms with Crippen LogP contribution in [0.4, 0.5) is 0 Å². The summed E-state index contributed by atoms with van der Waals surface area (Å²) in [6.45, 7) is 2.21. The van der Waals surface area contributed by atoms with Crippen LogP contribution in [0.2, 0.25) is 0 Å². The summed E-state index contributed by atoms with van der Waals surface area (Å²) in [5.74, 6) is 0. The van der Waals surface area contributed by atoms with E-state index in [1.165, 1.54) is 19.3 Å². The maximum absolute atomic E-state index is 6.01. The molecule has 0 saturated carbocycles. The van der Waals surface area contributed by atoms with Gasteiger partial charge in [-0.25, -0.2) is 0 Å². The summed E-state index contributed by atoms with van der Waals surface area (Å²) >= 11 is 0. The Morgan fingerprint density at radius 2 is 2.29 bits per heavy atom. The summed E-state index contributed by atoms with van der Waals surface area (Å²) in [5, 5.41) is 4.32. The number of nitrogens with two attached hydrogens (primary N) is 1. The van der Waals surface area contributed by atoms with Crippen LogP contribution in [0.25, 0.3) is 0 Å². The van der Waals surface area contributed by atoms with Crippen LogP contribution >= 0.6 is 0 Å². The van der Waals surface area contributed by atoms with Crippen molar-refractivity contribution in [3.63, 3.8) is 0 Å². The SMILES string of the molecule is CCCCCC(N)Cc1ccn(C)n1. The highest BCUT2D eigenvalue weighted by Gasteiger charge is 2.05. The van der Waals surface area contributed by atoms with Gasteiger partial charge in [0, 0.05) is 25.7 Å². The first-order valence-corrected chi connectivity index (χ1v) is 5.46. The lowest BCUT2D eigenvalue weighted by molar-refractivity contribution is 0.549. The summed E-state index contributed by atoms with van der Waals surface area (Å²) in [6, 6.07) is 2.32. The molecule has 0 aromatic carbocycles. The molecule has 3 nitrogen and oxygen atoms in total. The van der Waals surface area contributed by atoms with Crippen LogP contribution in [0.1, 0.15) is 38.3 Å². The molecule has 2 N–H and O–H groups in total. The van der Waals surface area contributed by atoms with Crippen molar-refractivity contribution in [1.82, 2.24) is 9.78 Å². The lowest BCUT2D eigenvalue weighted by Crippen LogP contribution is -2.22. The molecule has 1 rings (SSSR count). The molecule has 0 bridgehead atoms. The lowest BCUT2D eigenvalue weighted by atomic mass is 10.1. The fraction of sp³-hybridized carbons (Fsp3) is 0.727. The van der Waals surface area contributed by atoms with Gasteiger partial charge in [0.15, 0.2) is 0 Å². The predicted molar refractivity (Wildman–Crippen MR) is 59.0 cm³/mol. The fourth-order valence-electron chi connectivity index (χ4n) is 1.60. The molecule has 1 aromatic heterocycles. The zero-order valence-electron chi connectivity index (χ0n) is 9.24. The third kappa shape index (κ3) is 3.92. The minimum absolute atomic E-state index is 0.274. The highest BCUT2D eigenvalue weighted by atomic mass is 15.2. The van der Waals surface area contributed by atoms with Crippen LogP contribution in [0.15, 0.2) is 12.3 Å². The van der Waals surface area contributed by atoms with Gasteiger partial charge in [0.25, 0.3) is 0 Å². The normalized spacial score (nSPS) is 13.1. The summed E-state index contributed by atoms with van der Waals surface area (Å²) in [7, 11) is 1.94. The second-order valence-electron chi connectivity index (χ2n) is 3.94. The molecule has 0 radical (unpaired) electrons. The van der Waals surface area contributed by atoms with Crippen LogP contribution in [0.5, 0.6) is 0 Å². The lowest BCUT2D eigenvalue weighted by Gasteiger charge is -2.08. The minimum atomic E-state index is 0.274.